The fraction of sp³-hybridized carbons (Fsp3) is 0.292. The Morgan fingerprint density at radius 1 is 0.966 bits per heavy atom. The average molecular weight is 387 g/mol. The van der Waals surface area contributed by atoms with Crippen molar-refractivity contribution in [1.29, 1.82) is 0 Å². The van der Waals surface area contributed by atoms with Gasteiger partial charge in [-0.25, -0.2) is 4.90 Å². The molecule has 2 aromatic carbocycles. The Hall–Kier alpha value is -3.05. The van der Waals surface area contributed by atoms with Crippen molar-refractivity contribution >= 4 is 29.4 Å². The van der Waals surface area contributed by atoms with Crippen LogP contribution in [-0.2, 0) is 14.4 Å². The van der Waals surface area contributed by atoms with Crippen LogP contribution in [0.2, 0.25) is 0 Å². The molecule has 0 aliphatic carbocycles. The van der Waals surface area contributed by atoms with Crippen LogP contribution in [0.15, 0.2) is 48.7 Å². The van der Waals surface area contributed by atoms with Gasteiger partial charge in [-0.05, 0) is 48.7 Å². The molecule has 1 N–H and O–H groups in total. The van der Waals surface area contributed by atoms with Crippen molar-refractivity contribution < 1.29 is 19.3 Å². The minimum absolute atomic E-state index is 0.0510. The molecule has 2 aromatic rings. The first kappa shape index (κ1) is 18.0. The molecule has 3 aliphatic heterocycles. The third-order valence-corrected chi connectivity index (χ3v) is 6.52. The quantitative estimate of drug-likeness (QED) is 0.802. The summed E-state index contributed by atoms with van der Waals surface area (Å²) in [4.78, 5) is 42.0. The van der Waals surface area contributed by atoms with Gasteiger partial charge < -0.3 is 0 Å². The Balaban J connectivity index is 1.66. The Kier molecular flexibility index (Phi) is 3.87. The first-order valence-corrected chi connectivity index (χ1v) is 9.99. The van der Waals surface area contributed by atoms with E-state index in [0.29, 0.717) is 5.69 Å². The molecule has 0 radical (unpaired) electrons. The van der Waals surface area contributed by atoms with Gasteiger partial charge in [-0.1, -0.05) is 30.3 Å². The highest BCUT2D eigenvalue weighted by Crippen LogP contribution is 2.44. The van der Waals surface area contributed by atoms with E-state index < -0.39 is 17.9 Å². The summed E-state index contributed by atoms with van der Waals surface area (Å²) >= 11 is 0. The lowest BCUT2D eigenvalue weighted by atomic mass is 9.84. The lowest BCUT2D eigenvalue weighted by molar-refractivity contribution is -0.884. The molecular formula is C24H23N2O3+. The number of fused-ring (bicyclic) bond motifs is 5. The monoisotopic (exact) mass is 387 g/mol. The molecule has 2 fully saturated rings. The highest BCUT2D eigenvalue weighted by Gasteiger charge is 2.67. The predicted molar refractivity (Wildman–Crippen MR) is 109 cm³/mol. The number of benzene rings is 2. The number of ketones is 1. The molecule has 1 unspecified atom stereocenters. The van der Waals surface area contributed by atoms with Gasteiger partial charge in [0.05, 0.1) is 11.9 Å². The van der Waals surface area contributed by atoms with E-state index in [4.69, 9.17) is 0 Å². The molecule has 0 spiro atoms. The molecule has 0 aromatic heterocycles. The van der Waals surface area contributed by atoms with Crippen LogP contribution in [0.1, 0.15) is 35.2 Å². The third kappa shape index (κ3) is 2.47. The minimum atomic E-state index is -0.628. The second-order valence-electron chi connectivity index (χ2n) is 8.44. The van der Waals surface area contributed by atoms with Crippen LogP contribution in [0.4, 0.5) is 5.69 Å². The fourth-order valence-electron chi connectivity index (χ4n) is 5.56. The summed E-state index contributed by atoms with van der Waals surface area (Å²) in [5, 5.41) is 0. The molecule has 2 saturated heterocycles. The number of Topliss-reactive ketones (excluding diaryl/α,β-unsaturated/α-hetero) is 1. The zero-order valence-electron chi connectivity index (χ0n) is 16.7. The van der Waals surface area contributed by atoms with Gasteiger partial charge >= 0.3 is 0 Å². The normalized spacial score (nSPS) is 29.6. The molecule has 0 bridgehead atoms. The molecule has 0 saturated carbocycles. The van der Waals surface area contributed by atoms with Crippen molar-refractivity contribution in [1.82, 2.24) is 0 Å². The van der Waals surface area contributed by atoms with Gasteiger partial charge in [0.25, 0.3) is 0 Å². The highest BCUT2D eigenvalue weighted by atomic mass is 16.2. The van der Waals surface area contributed by atoms with Gasteiger partial charge in [0.1, 0.15) is 17.9 Å². The number of aryl methyl sites for hydroxylation is 2. The molecule has 5 heteroatoms. The van der Waals surface area contributed by atoms with Gasteiger partial charge in [0.15, 0.2) is 11.8 Å². The molecule has 5 atom stereocenters. The van der Waals surface area contributed by atoms with Crippen molar-refractivity contribution in [2.45, 2.75) is 32.9 Å². The van der Waals surface area contributed by atoms with Crippen molar-refractivity contribution in [3.63, 3.8) is 0 Å². The Morgan fingerprint density at radius 3 is 2.31 bits per heavy atom. The average Bonchev–Trinajstić information content (AvgIpc) is 3.14. The van der Waals surface area contributed by atoms with Crippen LogP contribution in [0.3, 0.4) is 0 Å². The molecule has 3 aliphatic rings. The van der Waals surface area contributed by atoms with E-state index in [2.05, 4.69) is 0 Å². The maximum Gasteiger partial charge on any atom is 0.244 e. The molecular weight excluding hydrogens is 364 g/mol. The lowest BCUT2D eigenvalue weighted by Gasteiger charge is -2.30. The van der Waals surface area contributed by atoms with Gasteiger partial charge in [0, 0.05) is 12.5 Å². The molecule has 5 nitrogen and oxygen atoms in total. The molecule has 29 heavy (non-hydrogen) atoms. The van der Waals surface area contributed by atoms with E-state index in [9.17, 15) is 14.4 Å². The topological polar surface area (TPSA) is 58.9 Å². The second kappa shape index (κ2) is 6.22. The number of anilines is 1. The van der Waals surface area contributed by atoms with Gasteiger partial charge in [0.2, 0.25) is 11.8 Å². The smallest absolute Gasteiger partial charge is 0.244 e. The number of imide groups is 1. The van der Waals surface area contributed by atoms with E-state index >= 15 is 0 Å². The number of carbonyl (C=O) groups is 3. The van der Waals surface area contributed by atoms with Crippen molar-refractivity contribution in [3.8, 4) is 0 Å². The van der Waals surface area contributed by atoms with Gasteiger partial charge in [-0.15, -0.1) is 0 Å². The number of rotatable bonds is 2. The summed E-state index contributed by atoms with van der Waals surface area (Å²) in [5.41, 5.74) is 4.69. The Bertz CT molecular complexity index is 1080. The van der Waals surface area contributed by atoms with Crippen molar-refractivity contribution in [3.05, 3.63) is 70.9 Å². The number of nitrogens with zero attached hydrogens (tertiary/aromatic N) is 1. The van der Waals surface area contributed by atoms with E-state index in [-0.39, 0.29) is 23.6 Å². The fourth-order valence-corrected chi connectivity index (χ4v) is 5.56. The van der Waals surface area contributed by atoms with Crippen molar-refractivity contribution in [2.75, 3.05) is 4.90 Å². The van der Waals surface area contributed by atoms with Crippen LogP contribution < -0.4 is 9.80 Å². The van der Waals surface area contributed by atoms with Gasteiger partial charge in [-0.2, -0.15) is 0 Å². The number of carbonyl (C=O) groups excluding carboxylic acids is 3. The van der Waals surface area contributed by atoms with E-state index in [1.165, 1.54) is 11.8 Å². The second-order valence-corrected chi connectivity index (χ2v) is 8.44. The van der Waals surface area contributed by atoms with Crippen molar-refractivity contribution in [2.24, 2.45) is 11.8 Å². The number of amides is 2. The third-order valence-electron chi connectivity index (χ3n) is 6.52. The zero-order valence-corrected chi connectivity index (χ0v) is 16.7. The number of quaternary nitrogens is 1. The maximum atomic E-state index is 13.6. The van der Waals surface area contributed by atoms with E-state index in [1.807, 2.05) is 68.6 Å². The van der Waals surface area contributed by atoms with E-state index in [0.717, 1.165) is 27.2 Å². The summed E-state index contributed by atoms with van der Waals surface area (Å²) in [5.74, 6) is -1.65. The highest BCUT2D eigenvalue weighted by molar-refractivity contribution is 6.23. The number of nitrogens with one attached hydrogen (secondary N) is 1. The van der Waals surface area contributed by atoms with Gasteiger partial charge in [-0.3, -0.25) is 19.3 Å². The Labute approximate surface area is 169 Å². The first-order valence-electron chi connectivity index (χ1n) is 9.99. The van der Waals surface area contributed by atoms with Crippen LogP contribution >= 0.6 is 0 Å². The summed E-state index contributed by atoms with van der Waals surface area (Å²) in [7, 11) is 0. The molecule has 5 rings (SSSR count). The standard InChI is InChI=1S/C24H22N2O3/c1-13-10-14(2)12-17(11-13)26-23(28)19-20(24(26)29)22-18-7-5-4-6-16(18)8-9-25(22)21(19)15(3)27/h4-12,19-22H,1-3H3/p+1/t19-,20+,21-,22-/m1/s1. The zero-order chi connectivity index (χ0) is 20.4. The summed E-state index contributed by atoms with van der Waals surface area (Å²) in [6, 6.07) is 12.9. The summed E-state index contributed by atoms with van der Waals surface area (Å²) in [6.45, 7) is 5.44. The summed E-state index contributed by atoms with van der Waals surface area (Å²) < 4.78 is 0. The number of hydrogen-bond acceptors (Lipinski definition) is 3. The maximum absolute atomic E-state index is 13.6. The number of hydrogen-bond donors (Lipinski definition) is 1. The van der Waals surface area contributed by atoms with E-state index in [1.54, 1.807) is 0 Å². The summed E-state index contributed by atoms with van der Waals surface area (Å²) in [6.07, 6.45) is 3.95. The molecule has 3 heterocycles. The molecule has 146 valence electrons. The predicted octanol–water partition coefficient (Wildman–Crippen LogP) is 1.99. The minimum Gasteiger partial charge on any atom is -0.293 e. The first-order chi connectivity index (χ1) is 13.9. The van der Waals surface area contributed by atoms with Crippen LogP contribution in [-0.4, -0.2) is 23.6 Å². The molecule has 2 amide bonds. The lowest BCUT2D eigenvalue weighted by Crippen LogP contribution is -3.12. The van der Waals surface area contributed by atoms with Crippen LogP contribution in [0.25, 0.3) is 6.08 Å². The van der Waals surface area contributed by atoms with Crippen LogP contribution in [0.5, 0.6) is 0 Å². The Morgan fingerprint density at radius 2 is 1.62 bits per heavy atom. The van der Waals surface area contributed by atoms with Crippen LogP contribution in [0, 0.1) is 25.7 Å². The SMILES string of the molecule is CC(=O)[C@@H]1[C@@H]2C(=O)N(c3cc(C)cc(C)c3)C(=O)[C@@H]2[C@H]2c3ccccc3C=C[NH+]12. The largest absolute Gasteiger partial charge is 0.293 e.